The molecule has 0 saturated heterocycles. The maximum atomic E-state index is 12.6. The Kier molecular flexibility index (Phi) is 3.73. The van der Waals surface area contributed by atoms with E-state index in [1.54, 1.807) is 24.3 Å². The quantitative estimate of drug-likeness (QED) is 0.927. The highest BCUT2D eigenvalue weighted by molar-refractivity contribution is 6.33. The van der Waals surface area contributed by atoms with Crippen molar-refractivity contribution in [1.82, 2.24) is 9.55 Å². The number of nitrogen functional groups attached to an aromatic ring is 1. The van der Waals surface area contributed by atoms with E-state index in [1.165, 1.54) is 0 Å². The van der Waals surface area contributed by atoms with Crippen LogP contribution in [0.15, 0.2) is 29.1 Å². The Morgan fingerprint density at radius 2 is 1.79 bits per heavy atom. The smallest absolute Gasteiger partial charge is 0.324 e. The molecule has 1 aromatic carbocycles. The van der Waals surface area contributed by atoms with Crippen molar-refractivity contribution in [1.29, 1.82) is 0 Å². The molecule has 100 valence electrons. The third-order valence-corrected chi connectivity index (χ3v) is 2.99. The van der Waals surface area contributed by atoms with E-state index < -0.39 is 23.1 Å². The lowest BCUT2D eigenvalue weighted by Crippen LogP contribution is -2.26. The van der Waals surface area contributed by atoms with Gasteiger partial charge in [0.25, 0.3) is 5.56 Å². The number of nitrogens with zero attached hydrogens (tertiary/aromatic N) is 2. The molecule has 0 bridgehead atoms. The molecule has 19 heavy (non-hydrogen) atoms. The van der Waals surface area contributed by atoms with Crippen molar-refractivity contribution in [3.63, 3.8) is 0 Å². The molecule has 2 N–H and O–H groups in total. The first kappa shape index (κ1) is 13.8. The van der Waals surface area contributed by atoms with Crippen molar-refractivity contribution in [2.45, 2.75) is 6.55 Å². The lowest BCUT2D eigenvalue weighted by molar-refractivity contribution is 0.0680. The number of nitrogens with two attached hydrogens (primary N) is 1. The Morgan fingerprint density at radius 3 is 2.32 bits per heavy atom. The average Bonchev–Trinajstić information content (AvgIpc) is 2.34. The van der Waals surface area contributed by atoms with E-state index in [2.05, 4.69) is 4.98 Å². The Balaban J connectivity index is 2.67. The number of alkyl halides is 2. The molecule has 2 rings (SSSR count). The van der Waals surface area contributed by atoms with Gasteiger partial charge in [-0.3, -0.25) is 4.79 Å². The van der Waals surface area contributed by atoms with Gasteiger partial charge < -0.3 is 5.73 Å². The molecule has 0 atom stereocenters. The molecule has 0 unspecified atom stereocenters. The fourth-order valence-corrected chi connectivity index (χ4v) is 1.88. The number of hydrogen-bond acceptors (Lipinski definition) is 3. The molecule has 0 fully saturated rings. The summed E-state index contributed by atoms with van der Waals surface area (Å²) >= 11 is 11.5. The Labute approximate surface area is 116 Å². The van der Waals surface area contributed by atoms with E-state index in [-0.39, 0.29) is 10.3 Å². The first-order valence-corrected chi connectivity index (χ1v) is 5.79. The zero-order valence-corrected chi connectivity index (χ0v) is 10.8. The summed E-state index contributed by atoms with van der Waals surface area (Å²) in [6, 6.07) is 6.23. The molecule has 1 heterocycles. The summed E-state index contributed by atoms with van der Waals surface area (Å²) in [5.41, 5.74) is 4.76. The Bertz CT molecular complexity index is 671. The summed E-state index contributed by atoms with van der Waals surface area (Å²) in [7, 11) is 0. The van der Waals surface area contributed by atoms with Crippen molar-refractivity contribution in [3.8, 4) is 11.3 Å². The Morgan fingerprint density at radius 1 is 1.21 bits per heavy atom. The summed E-state index contributed by atoms with van der Waals surface area (Å²) in [6.45, 7) is -3.10. The number of hydrogen-bond donors (Lipinski definition) is 1. The fourth-order valence-electron chi connectivity index (χ4n) is 1.52. The third-order valence-electron chi connectivity index (χ3n) is 2.40. The molecule has 0 radical (unpaired) electrons. The van der Waals surface area contributed by atoms with Crippen LogP contribution < -0.4 is 11.3 Å². The SMILES string of the molecule is Nc1nc(-c2ccc(Cl)cc2)c(Cl)c(=O)n1C(F)F. The molecule has 0 aliphatic carbocycles. The second-order valence-electron chi connectivity index (χ2n) is 3.59. The van der Waals surface area contributed by atoms with E-state index >= 15 is 0 Å². The van der Waals surface area contributed by atoms with Gasteiger partial charge >= 0.3 is 6.55 Å². The van der Waals surface area contributed by atoms with Crippen molar-refractivity contribution < 1.29 is 8.78 Å². The van der Waals surface area contributed by atoms with Gasteiger partial charge in [0, 0.05) is 10.6 Å². The lowest BCUT2D eigenvalue weighted by atomic mass is 10.1. The van der Waals surface area contributed by atoms with Gasteiger partial charge in [0.15, 0.2) is 0 Å². The van der Waals surface area contributed by atoms with Crippen molar-refractivity contribution in [2.24, 2.45) is 0 Å². The topological polar surface area (TPSA) is 60.9 Å². The third kappa shape index (κ3) is 2.54. The highest BCUT2D eigenvalue weighted by atomic mass is 35.5. The minimum Gasteiger partial charge on any atom is -0.369 e. The molecule has 0 aliphatic rings. The summed E-state index contributed by atoms with van der Waals surface area (Å²) in [4.78, 5) is 15.4. The van der Waals surface area contributed by atoms with Crippen LogP contribution in [0.5, 0.6) is 0 Å². The highest BCUT2D eigenvalue weighted by Crippen LogP contribution is 2.26. The first-order valence-electron chi connectivity index (χ1n) is 5.03. The molecule has 4 nitrogen and oxygen atoms in total. The molecule has 0 aliphatic heterocycles. The van der Waals surface area contributed by atoms with E-state index in [0.717, 1.165) is 0 Å². The van der Waals surface area contributed by atoms with E-state index in [9.17, 15) is 13.6 Å². The molecule has 0 spiro atoms. The van der Waals surface area contributed by atoms with Crippen LogP contribution in [-0.2, 0) is 0 Å². The maximum absolute atomic E-state index is 12.6. The number of benzene rings is 1. The van der Waals surface area contributed by atoms with Crippen molar-refractivity contribution in [2.75, 3.05) is 5.73 Å². The average molecular weight is 306 g/mol. The second-order valence-corrected chi connectivity index (χ2v) is 4.41. The van der Waals surface area contributed by atoms with Gasteiger partial charge in [0.1, 0.15) is 5.02 Å². The molecule has 2 aromatic rings. The van der Waals surface area contributed by atoms with Crippen molar-refractivity contribution in [3.05, 3.63) is 44.7 Å². The zero-order valence-electron chi connectivity index (χ0n) is 9.28. The Hall–Kier alpha value is -1.66. The molecule has 1 aromatic heterocycles. The van der Waals surface area contributed by atoms with Crippen LogP contribution in [0.1, 0.15) is 6.55 Å². The largest absolute Gasteiger partial charge is 0.369 e. The van der Waals surface area contributed by atoms with Gasteiger partial charge in [0.05, 0.1) is 5.69 Å². The van der Waals surface area contributed by atoms with Crippen LogP contribution in [0.3, 0.4) is 0 Å². The molecule has 0 saturated carbocycles. The number of anilines is 1. The zero-order chi connectivity index (χ0) is 14.2. The van der Waals surface area contributed by atoms with Crippen LogP contribution in [0.2, 0.25) is 10.0 Å². The predicted molar refractivity (Wildman–Crippen MR) is 69.6 cm³/mol. The number of aromatic nitrogens is 2. The van der Waals surface area contributed by atoms with Crippen LogP contribution in [0, 0.1) is 0 Å². The second kappa shape index (κ2) is 5.14. The summed E-state index contributed by atoms with van der Waals surface area (Å²) in [5, 5.41) is 0.0607. The standard InChI is InChI=1S/C11H7Cl2F2N3O/c12-6-3-1-5(2-4-6)8-7(13)9(19)18(10(14)15)11(16)17-8/h1-4,10H,(H2,16,17). The van der Waals surface area contributed by atoms with Crippen LogP contribution in [0.4, 0.5) is 14.7 Å². The predicted octanol–water partition coefficient (Wildman–Crippen LogP) is 3.19. The van der Waals surface area contributed by atoms with Crippen LogP contribution in [0.25, 0.3) is 11.3 Å². The van der Waals surface area contributed by atoms with Crippen LogP contribution >= 0.6 is 23.2 Å². The number of rotatable bonds is 2. The normalized spacial score (nSPS) is 11.0. The fraction of sp³-hybridized carbons (Fsp3) is 0.0909. The van der Waals surface area contributed by atoms with Gasteiger partial charge in [0.2, 0.25) is 5.95 Å². The molecule has 0 amide bonds. The lowest BCUT2D eigenvalue weighted by Gasteiger charge is -2.11. The first-order chi connectivity index (χ1) is 8.91. The monoisotopic (exact) mass is 305 g/mol. The molecular formula is C11H7Cl2F2N3O. The summed E-state index contributed by atoms with van der Waals surface area (Å²) < 4.78 is 25.3. The molecular weight excluding hydrogens is 299 g/mol. The highest BCUT2D eigenvalue weighted by Gasteiger charge is 2.19. The summed E-state index contributed by atoms with van der Waals surface area (Å²) in [5.74, 6) is -0.602. The molecule has 8 heteroatoms. The van der Waals surface area contributed by atoms with E-state index in [0.29, 0.717) is 10.6 Å². The van der Waals surface area contributed by atoms with Gasteiger partial charge in [-0.1, -0.05) is 35.3 Å². The van der Waals surface area contributed by atoms with Gasteiger partial charge in [-0.15, -0.1) is 0 Å². The van der Waals surface area contributed by atoms with Gasteiger partial charge in [-0.25, -0.2) is 9.55 Å². The summed E-state index contributed by atoms with van der Waals surface area (Å²) in [6.07, 6.45) is 0. The number of halogens is 4. The van der Waals surface area contributed by atoms with E-state index in [4.69, 9.17) is 28.9 Å². The minimum atomic E-state index is -3.10. The van der Waals surface area contributed by atoms with Crippen LogP contribution in [-0.4, -0.2) is 9.55 Å². The van der Waals surface area contributed by atoms with E-state index in [1.807, 2.05) is 0 Å². The minimum absolute atomic E-state index is 0.0295. The van der Waals surface area contributed by atoms with Gasteiger partial charge in [-0.05, 0) is 12.1 Å². The maximum Gasteiger partial charge on any atom is 0.324 e. The van der Waals surface area contributed by atoms with Crippen molar-refractivity contribution >= 4 is 29.2 Å². The van der Waals surface area contributed by atoms with Gasteiger partial charge in [-0.2, -0.15) is 8.78 Å².